The first kappa shape index (κ1) is 18.5. The number of rotatable bonds is 1. The second-order valence-electron chi connectivity index (χ2n) is 9.34. The van der Waals surface area contributed by atoms with Crippen LogP contribution in [0.4, 0.5) is 4.79 Å². The fourth-order valence-corrected chi connectivity index (χ4v) is 4.45. The molecule has 1 aromatic carbocycles. The summed E-state index contributed by atoms with van der Waals surface area (Å²) in [6.45, 7) is 9.87. The number of Topliss-reactive ketones (excluding diaryl/α,β-unsaturated/α-hetero) is 1. The average Bonchev–Trinajstić information content (AvgIpc) is 2.59. The van der Waals surface area contributed by atoms with Crippen LogP contribution in [-0.4, -0.2) is 60.5 Å². The van der Waals surface area contributed by atoms with E-state index in [1.807, 2.05) is 9.80 Å². The molecule has 0 aromatic heterocycles. The maximum atomic E-state index is 12.8. The summed E-state index contributed by atoms with van der Waals surface area (Å²) in [4.78, 5) is 28.3. The van der Waals surface area contributed by atoms with Crippen molar-refractivity contribution in [2.24, 2.45) is 5.92 Å². The molecule has 0 radical (unpaired) electrons. The van der Waals surface area contributed by atoms with Crippen molar-refractivity contribution in [1.82, 2.24) is 9.80 Å². The van der Waals surface area contributed by atoms with Crippen molar-refractivity contribution in [3.8, 4) is 0 Å². The van der Waals surface area contributed by atoms with Gasteiger partial charge in [0.25, 0.3) is 0 Å². The zero-order valence-electron chi connectivity index (χ0n) is 16.6. The summed E-state index contributed by atoms with van der Waals surface area (Å²) >= 11 is 0. The summed E-state index contributed by atoms with van der Waals surface area (Å²) in [6, 6.07) is 8.97. The van der Waals surface area contributed by atoms with Crippen LogP contribution in [0.5, 0.6) is 0 Å². The highest BCUT2D eigenvalue weighted by molar-refractivity contribution is 5.81. The number of urea groups is 1. The first-order chi connectivity index (χ1) is 12.8. The predicted molar refractivity (Wildman–Crippen MR) is 104 cm³/mol. The predicted octanol–water partition coefficient (Wildman–Crippen LogP) is 3.18. The third kappa shape index (κ3) is 3.75. The highest BCUT2D eigenvalue weighted by Gasteiger charge is 2.40. The zero-order chi connectivity index (χ0) is 19.2. The lowest BCUT2D eigenvalue weighted by Crippen LogP contribution is -2.58. The van der Waals surface area contributed by atoms with Gasteiger partial charge in [-0.1, -0.05) is 45.0 Å². The van der Waals surface area contributed by atoms with Gasteiger partial charge in [0, 0.05) is 44.4 Å². The Bertz CT molecular complexity index is 716. The topological polar surface area (TPSA) is 49.9 Å². The number of piperidine rings is 1. The van der Waals surface area contributed by atoms with Crippen molar-refractivity contribution in [2.45, 2.75) is 51.0 Å². The monoisotopic (exact) mass is 370 g/mol. The Hall–Kier alpha value is -1.88. The number of ether oxygens (including phenoxy) is 1. The fraction of sp³-hybridized carbons (Fsp3) is 0.636. The molecule has 0 saturated carbocycles. The van der Waals surface area contributed by atoms with Gasteiger partial charge in [0.2, 0.25) is 0 Å². The molecular weight excluding hydrogens is 340 g/mol. The molecule has 4 rings (SSSR count). The number of fused-ring (bicyclic) bond motifs is 1. The van der Waals surface area contributed by atoms with E-state index < -0.39 is 0 Å². The Morgan fingerprint density at radius 3 is 2.44 bits per heavy atom. The fourth-order valence-electron chi connectivity index (χ4n) is 4.45. The van der Waals surface area contributed by atoms with Crippen LogP contribution < -0.4 is 0 Å². The van der Waals surface area contributed by atoms with Crippen molar-refractivity contribution < 1.29 is 14.3 Å². The lowest BCUT2D eigenvalue weighted by molar-refractivity contribution is -0.140. The molecule has 3 heterocycles. The second kappa shape index (κ2) is 6.93. The molecule has 0 aliphatic carbocycles. The van der Waals surface area contributed by atoms with Gasteiger partial charge in [-0.3, -0.25) is 4.79 Å². The van der Waals surface area contributed by atoms with E-state index in [0.29, 0.717) is 18.9 Å². The van der Waals surface area contributed by atoms with E-state index in [1.165, 1.54) is 11.1 Å². The van der Waals surface area contributed by atoms with Gasteiger partial charge < -0.3 is 14.5 Å². The summed E-state index contributed by atoms with van der Waals surface area (Å²) in [5.74, 6) is 0.763. The van der Waals surface area contributed by atoms with E-state index >= 15 is 0 Å². The third-order valence-corrected chi connectivity index (χ3v) is 6.28. The van der Waals surface area contributed by atoms with Gasteiger partial charge in [-0.05, 0) is 23.0 Å². The van der Waals surface area contributed by atoms with Gasteiger partial charge in [-0.15, -0.1) is 0 Å². The van der Waals surface area contributed by atoms with Gasteiger partial charge >= 0.3 is 6.03 Å². The molecule has 3 saturated heterocycles. The Balaban J connectivity index is 1.31. The highest BCUT2D eigenvalue weighted by Crippen LogP contribution is 2.32. The zero-order valence-corrected chi connectivity index (χ0v) is 16.6. The van der Waals surface area contributed by atoms with Crippen molar-refractivity contribution in [1.29, 1.82) is 0 Å². The number of ketones is 1. The van der Waals surface area contributed by atoms with Crippen molar-refractivity contribution in [3.05, 3.63) is 35.4 Å². The van der Waals surface area contributed by atoms with E-state index in [1.54, 1.807) is 0 Å². The number of hydrogen-bond acceptors (Lipinski definition) is 3. The van der Waals surface area contributed by atoms with E-state index in [2.05, 4.69) is 45.0 Å². The normalized spacial score (nSPS) is 26.6. The van der Waals surface area contributed by atoms with Crippen molar-refractivity contribution in [3.63, 3.8) is 0 Å². The number of hydrogen-bond donors (Lipinski definition) is 0. The molecule has 146 valence electrons. The third-order valence-electron chi connectivity index (χ3n) is 6.28. The molecule has 0 unspecified atom stereocenters. The molecule has 3 aliphatic heterocycles. The minimum atomic E-state index is 0.119. The van der Waals surface area contributed by atoms with Gasteiger partial charge in [0.05, 0.1) is 6.10 Å². The molecule has 2 atom stereocenters. The van der Waals surface area contributed by atoms with Crippen LogP contribution in [0.3, 0.4) is 0 Å². The minimum absolute atomic E-state index is 0.119. The lowest BCUT2D eigenvalue weighted by atomic mass is 9.84. The van der Waals surface area contributed by atoms with Crippen LogP contribution in [0, 0.1) is 5.92 Å². The first-order valence-electron chi connectivity index (χ1n) is 10.1. The molecule has 2 amide bonds. The second-order valence-corrected chi connectivity index (χ2v) is 9.34. The Morgan fingerprint density at radius 2 is 1.78 bits per heavy atom. The van der Waals surface area contributed by atoms with Crippen LogP contribution in [0.15, 0.2) is 24.3 Å². The number of carbonyl (C=O) groups is 2. The molecule has 1 aromatic rings. The van der Waals surface area contributed by atoms with Crippen LogP contribution in [-0.2, 0) is 14.9 Å². The number of benzene rings is 1. The molecule has 27 heavy (non-hydrogen) atoms. The average molecular weight is 370 g/mol. The van der Waals surface area contributed by atoms with E-state index in [0.717, 1.165) is 26.1 Å². The maximum absolute atomic E-state index is 12.8. The summed E-state index contributed by atoms with van der Waals surface area (Å²) in [7, 11) is 0. The van der Waals surface area contributed by atoms with E-state index in [9.17, 15) is 9.59 Å². The van der Waals surface area contributed by atoms with E-state index in [-0.39, 0.29) is 35.9 Å². The summed E-state index contributed by atoms with van der Waals surface area (Å²) < 4.78 is 5.63. The Labute approximate surface area is 161 Å². The van der Waals surface area contributed by atoms with Crippen LogP contribution in [0.2, 0.25) is 0 Å². The molecular formula is C22H30N2O3. The van der Waals surface area contributed by atoms with Gasteiger partial charge in [0.1, 0.15) is 6.61 Å². The number of carbonyl (C=O) groups excluding carboxylic acids is 2. The highest BCUT2D eigenvalue weighted by atomic mass is 16.5. The molecule has 3 aliphatic rings. The number of nitrogens with zero attached hydrogens (tertiary/aromatic N) is 2. The first-order valence-corrected chi connectivity index (χ1v) is 10.1. The largest absolute Gasteiger partial charge is 0.370 e. The molecule has 5 nitrogen and oxygen atoms in total. The number of likely N-dealkylation sites (tertiary alicyclic amines) is 2. The van der Waals surface area contributed by atoms with Crippen LogP contribution in [0.1, 0.15) is 50.7 Å². The van der Waals surface area contributed by atoms with Crippen molar-refractivity contribution >= 4 is 11.8 Å². The Kier molecular flexibility index (Phi) is 4.75. The Morgan fingerprint density at radius 1 is 1.07 bits per heavy atom. The van der Waals surface area contributed by atoms with Crippen LogP contribution in [0.25, 0.3) is 0 Å². The summed E-state index contributed by atoms with van der Waals surface area (Å²) in [5, 5.41) is 0. The SMILES string of the molecule is CC(C)(C)c1ccc(C2CN(C(=O)N3CC[C@@H]4OCC(=O)C[C@H]4C3)C2)cc1. The molecule has 0 N–H and O–H groups in total. The quantitative estimate of drug-likeness (QED) is 0.763. The van der Waals surface area contributed by atoms with Gasteiger partial charge in [0.15, 0.2) is 5.78 Å². The van der Waals surface area contributed by atoms with E-state index in [4.69, 9.17) is 4.74 Å². The standard InChI is InChI=1S/C22H30N2O3/c1-22(2,3)18-6-4-15(5-7-18)17-12-24(13-17)21(26)23-9-8-20-16(11-23)10-19(25)14-27-20/h4-7,16-17,20H,8-14H2,1-3H3/t16-,20-/m0/s1. The molecule has 0 bridgehead atoms. The smallest absolute Gasteiger partial charge is 0.320 e. The lowest BCUT2D eigenvalue weighted by Gasteiger charge is -2.46. The summed E-state index contributed by atoms with van der Waals surface area (Å²) in [6.07, 6.45) is 1.55. The van der Waals surface area contributed by atoms with Gasteiger partial charge in [-0.2, -0.15) is 0 Å². The molecule has 0 spiro atoms. The van der Waals surface area contributed by atoms with Crippen LogP contribution >= 0.6 is 0 Å². The van der Waals surface area contributed by atoms with Gasteiger partial charge in [-0.25, -0.2) is 4.79 Å². The maximum Gasteiger partial charge on any atom is 0.320 e. The summed E-state index contributed by atoms with van der Waals surface area (Å²) in [5.41, 5.74) is 2.82. The minimum Gasteiger partial charge on any atom is -0.370 e. The number of amides is 2. The molecule has 3 fully saturated rings. The molecule has 5 heteroatoms. The van der Waals surface area contributed by atoms with Crippen molar-refractivity contribution in [2.75, 3.05) is 32.8 Å².